The van der Waals surface area contributed by atoms with E-state index in [1.807, 2.05) is 11.8 Å². The molecule has 3 nitrogen and oxygen atoms in total. The summed E-state index contributed by atoms with van der Waals surface area (Å²) in [5, 5.41) is 0.240. The maximum absolute atomic E-state index is 12.2. The molecular formula is C11H20N2OS. The number of likely N-dealkylation sites (tertiary alicyclic amines) is 1. The van der Waals surface area contributed by atoms with Crippen molar-refractivity contribution in [2.45, 2.75) is 37.5 Å². The molecule has 2 N–H and O–H groups in total. The van der Waals surface area contributed by atoms with Crippen LogP contribution in [0.3, 0.4) is 0 Å². The van der Waals surface area contributed by atoms with Crippen molar-refractivity contribution >= 4 is 17.7 Å². The number of nitrogens with two attached hydrogens (primary N) is 1. The average Bonchev–Trinajstić information content (AvgIpc) is 2.85. The number of thioether (sulfide) groups is 1. The fraction of sp³-hybridized carbons (Fsp3) is 0.909. The van der Waals surface area contributed by atoms with Crippen LogP contribution in [0.15, 0.2) is 0 Å². The van der Waals surface area contributed by atoms with Gasteiger partial charge in [0.15, 0.2) is 0 Å². The van der Waals surface area contributed by atoms with Gasteiger partial charge in [-0.05, 0) is 44.4 Å². The van der Waals surface area contributed by atoms with Gasteiger partial charge in [0.1, 0.15) is 0 Å². The van der Waals surface area contributed by atoms with Gasteiger partial charge in [-0.1, -0.05) is 0 Å². The zero-order valence-corrected chi connectivity index (χ0v) is 10.1. The Balaban J connectivity index is 1.95. The predicted octanol–water partition coefficient (Wildman–Crippen LogP) is 1.08. The van der Waals surface area contributed by atoms with Crippen LogP contribution in [0, 0.1) is 5.92 Å². The molecule has 4 heteroatoms. The molecule has 2 fully saturated rings. The molecule has 0 spiro atoms. The Morgan fingerprint density at radius 2 is 2.40 bits per heavy atom. The van der Waals surface area contributed by atoms with Gasteiger partial charge in [-0.15, -0.1) is 11.8 Å². The van der Waals surface area contributed by atoms with E-state index in [1.165, 1.54) is 6.42 Å². The number of nitrogens with zero attached hydrogens (tertiary/aromatic N) is 1. The Labute approximate surface area is 95.8 Å². The van der Waals surface area contributed by atoms with Crippen LogP contribution < -0.4 is 5.73 Å². The summed E-state index contributed by atoms with van der Waals surface area (Å²) in [5.74, 6) is 2.04. The number of hydrogen-bond acceptors (Lipinski definition) is 3. The SMILES string of the molecule is CC1CC(CN)CN1C(=O)C1CCCS1. The predicted molar refractivity (Wildman–Crippen MR) is 63.8 cm³/mol. The first-order valence-electron chi connectivity index (χ1n) is 5.84. The van der Waals surface area contributed by atoms with E-state index in [0.717, 1.165) is 25.1 Å². The lowest BCUT2D eigenvalue weighted by atomic mass is 10.1. The lowest BCUT2D eigenvalue weighted by Crippen LogP contribution is -2.39. The Kier molecular flexibility index (Phi) is 3.57. The zero-order valence-electron chi connectivity index (χ0n) is 9.32. The smallest absolute Gasteiger partial charge is 0.235 e. The van der Waals surface area contributed by atoms with E-state index >= 15 is 0 Å². The number of carbonyl (C=O) groups is 1. The second-order valence-corrected chi connectivity index (χ2v) is 5.99. The molecule has 2 aliphatic heterocycles. The Morgan fingerprint density at radius 3 is 2.93 bits per heavy atom. The summed E-state index contributed by atoms with van der Waals surface area (Å²) in [6.45, 7) is 3.74. The molecule has 0 saturated carbocycles. The molecular weight excluding hydrogens is 208 g/mol. The maximum Gasteiger partial charge on any atom is 0.235 e. The minimum Gasteiger partial charge on any atom is -0.339 e. The number of amides is 1. The van der Waals surface area contributed by atoms with Gasteiger partial charge in [0.2, 0.25) is 5.91 Å². The highest BCUT2D eigenvalue weighted by Gasteiger charge is 2.36. The molecule has 2 aliphatic rings. The van der Waals surface area contributed by atoms with Crippen LogP contribution in [0.2, 0.25) is 0 Å². The van der Waals surface area contributed by atoms with E-state index in [1.54, 1.807) is 0 Å². The first kappa shape index (κ1) is 11.3. The average molecular weight is 228 g/mol. The van der Waals surface area contributed by atoms with Crippen LogP contribution >= 0.6 is 11.8 Å². The van der Waals surface area contributed by atoms with Gasteiger partial charge in [0.25, 0.3) is 0 Å². The molecule has 0 aromatic heterocycles. The summed E-state index contributed by atoms with van der Waals surface area (Å²) in [7, 11) is 0. The van der Waals surface area contributed by atoms with E-state index < -0.39 is 0 Å². The number of rotatable bonds is 2. The van der Waals surface area contributed by atoms with E-state index in [4.69, 9.17) is 5.73 Å². The van der Waals surface area contributed by atoms with Crippen LogP contribution in [-0.4, -0.2) is 40.9 Å². The second kappa shape index (κ2) is 4.74. The third-order valence-corrected chi connectivity index (χ3v) is 4.85. The highest BCUT2D eigenvalue weighted by atomic mass is 32.2. The van der Waals surface area contributed by atoms with Crippen molar-refractivity contribution in [3.63, 3.8) is 0 Å². The van der Waals surface area contributed by atoms with Gasteiger partial charge in [0.05, 0.1) is 5.25 Å². The van der Waals surface area contributed by atoms with Gasteiger partial charge in [-0.3, -0.25) is 4.79 Å². The topological polar surface area (TPSA) is 46.3 Å². The standard InChI is InChI=1S/C11H20N2OS/c1-8-5-9(6-12)7-13(8)11(14)10-3-2-4-15-10/h8-10H,2-7,12H2,1H3. The minimum atomic E-state index is 0.240. The van der Waals surface area contributed by atoms with Gasteiger partial charge in [-0.2, -0.15) is 0 Å². The summed E-state index contributed by atoms with van der Waals surface area (Å²) < 4.78 is 0. The highest BCUT2D eigenvalue weighted by Crippen LogP contribution is 2.31. The summed E-state index contributed by atoms with van der Waals surface area (Å²) in [4.78, 5) is 14.2. The molecule has 2 saturated heterocycles. The van der Waals surface area contributed by atoms with E-state index in [2.05, 4.69) is 11.8 Å². The van der Waals surface area contributed by atoms with E-state index in [-0.39, 0.29) is 5.25 Å². The normalized spacial score (nSPS) is 36.1. The van der Waals surface area contributed by atoms with Crippen LogP contribution in [-0.2, 0) is 4.79 Å². The lowest BCUT2D eigenvalue weighted by molar-refractivity contribution is -0.131. The third-order valence-electron chi connectivity index (χ3n) is 3.48. The zero-order chi connectivity index (χ0) is 10.8. The fourth-order valence-corrected chi connectivity index (χ4v) is 3.81. The number of carbonyl (C=O) groups excluding carboxylic acids is 1. The summed E-state index contributed by atoms with van der Waals surface area (Å²) >= 11 is 1.83. The highest BCUT2D eigenvalue weighted by molar-refractivity contribution is 8.00. The van der Waals surface area contributed by atoms with Crippen LogP contribution in [0.4, 0.5) is 0 Å². The third kappa shape index (κ3) is 2.31. The van der Waals surface area contributed by atoms with E-state index in [0.29, 0.717) is 24.4 Å². The monoisotopic (exact) mass is 228 g/mol. The number of hydrogen-bond donors (Lipinski definition) is 1. The Bertz CT molecular complexity index is 241. The summed E-state index contributed by atoms with van der Waals surface area (Å²) in [6.07, 6.45) is 3.35. The quantitative estimate of drug-likeness (QED) is 0.769. The minimum absolute atomic E-state index is 0.240. The summed E-state index contributed by atoms with van der Waals surface area (Å²) in [5.41, 5.74) is 5.67. The van der Waals surface area contributed by atoms with Crippen molar-refractivity contribution in [1.29, 1.82) is 0 Å². The lowest BCUT2D eigenvalue weighted by Gasteiger charge is -2.24. The largest absolute Gasteiger partial charge is 0.339 e. The van der Waals surface area contributed by atoms with Gasteiger partial charge >= 0.3 is 0 Å². The first-order valence-corrected chi connectivity index (χ1v) is 6.89. The van der Waals surface area contributed by atoms with Crippen molar-refractivity contribution in [1.82, 2.24) is 4.90 Å². The first-order chi connectivity index (χ1) is 7.22. The molecule has 0 bridgehead atoms. The molecule has 1 amide bonds. The van der Waals surface area contributed by atoms with Gasteiger partial charge in [-0.25, -0.2) is 0 Å². The molecule has 0 aromatic rings. The maximum atomic E-state index is 12.2. The van der Waals surface area contributed by atoms with Crippen LogP contribution in [0.5, 0.6) is 0 Å². The molecule has 3 unspecified atom stereocenters. The molecule has 15 heavy (non-hydrogen) atoms. The van der Waals surface area contributed by atoms with Gasteiger partial charge in [0, 0.05) is 12.6 Å². The fourth-order valence-electron chi connectivity index (χ4n) is 2.58. The molecule has 0 aliphatic carbocycles. The van der Waals surface area contributed by atoms with Crippen molar-refractivity contribution < 1.29 is 4.79 Å². The van der Waals surface area contributed by atoms with Crippen LogP contribution in [0.25, 0.3) is 0 Å². The molecule has 2 heterocycles. The van der Waals surface area contributed by atoms with Gasteiger partial charge < -0.3 is 10.6 Å². The Hall–Kier alpha value is -0.220. The Morgan fingerprint density at radius 1 is 1.60 bits per heavy atom. The molecule has 0 radical (unpaired) electrons. The molecule has 86 valence electrons. The molecule has 2 rings (SSSR count). The van der Waals surface area contributed by atoms with E-state index in [9.17, 15) is 4.79 Å². The second-order valence-electron chi connectivity index (χ2n) is 4.68. The van der Waals surface area contributed by atoms with Crippen molar-refractivity contribution in [3.05, 3.63) is 0 Å². The van der Waals surface area contributed by atoms with Crippen molar-refractivity contribution in [3.8, 4) is 0 Å². The van der Waals surface area contributed by atoms with Crippen molar-refractivity contribution in [2.24, 2.45) is 11.7 Å². The van der Waals surface area contributed by atoms with Crippen LogP contribution in [0.1, 0.15) is 26.2 Å². The molecule has 3 atom stereocenters. The summed E-state index contributed by atoms with van der Waals surface area (Å²) in [6, 6.07) is 0.396. The molecule has 0 aromatic carbocycles. The van der Waals surface area contributed by atoms with Crippen molar-refractivity contribution in [2.75, 3.05) is 18.8 Å².